The van der Waals surface area contributed by atoms with Crippen molar-refractivity contribution in [3.8, 4) is 22.6 Å². The van der Waals surface area contributed by atoms with Gasteiger partial charge >= 0.3 is 0 Å². The zero-order valence-corrected chi connectivity index (χ0v) is 20.4. The van der Waals surface area contributed by atoms with Gasteiger partial charge in [0.2, 0.25) is 5.43 Å². The molecule has 0 unspecified atom stereocenters. The average Bonchev–Trinajstić information content (AvgIpc) is 2.87. The van der Waals surface area contributed by atoms with Crippen LogP contribution in [0.4, 0.5) is 0 Å². The Labute approximate surface area is 208 Å². The number of hydrogen-bond acceptors (Lipinski definition) is 6. The van der Waals surface area contributed by atoms with E-state index in [2.05, 4.69) is 4.90 Å². The Morgan fingerprint density at radius 2 is 1.86 bits per heavy atom. The van der Waals surface area contributed by atoms with Gasteiger partial charge in [0, 0.05) is 49.4 Å². The molecule has 7 nitrogen and oxygen atoms in total. The highest BCUT2D eigenvalue weighted by Crippen LogP contribution is 2.38. The van der Waals surface area contributed by atoms with Crippen LogP contribution in [-0.2, 0) is 13.1 Å². The quantitative estimate of drug-likeness (QED) is 0.466. The van der Waals surface area contributed by atoms with E-state index in [0.29, 0.717) is 58.2 Å². The summed E-state index contributed by atoms with van der Waals surface area (Å²) < 4.78 is 13.7. The monoisotopic (exact) mass is 484 g/mol. The maximum absolute atomic E-state index is 13.7. The summed E-state index contributed by atoms with van der Waals surface area (Å²) in [6.45, 7) is 4.54. The molecule has 4 aromatic rings. The summed E-state index contributed by atoms with van der Waals surface area (Å²) >= 11 is 0. The van der Waals surface area contributed by atoms with Gasteiger partial charge in [-0.1, -0.05) is 24.3 Å². The molecule has 2 aliphatic rings. The molecule has 0 amide bonds. The summed E-state index contributed by atoms with van der Waals surface area (Å²) in [5.41, 5.74) is 3.17. The van der Waals surface area contributed by atoms with Crippen molar-refractivity contribution in [2.45, 2.75) is 32.4 Å². The fraction of sp³-hybridized carbons (Fsp3) is 0.310. The SMILES string of the molecule is COc1ccccc1-c1c(C)oc2c(CN3C[C@H]4C[C@@H](C3)c3cccc(=O)n3C4)c(O)ccc2c1=O. The molecule has 7 heteroatoms. The number of fused-ring (bicyclic) bond motifs is 5. The van der Waals surface area contributed by atoms with E-state index < -0.39 is 0 Å². The lowest BCUT2D eigenvalue weighted by Gasteiger charge is -2.42. The number of likely N-dealkylation sites (tertiary alicyclic amines) is 1. The van der Waals surface area contributed by atoms with Gasteiger partial charge in [-0.3, -0.25) is 14.5 Å². The lowest BCUT2D eigenvalue weighted by atomic mass is 9.83. The van der Waals surface area contributed by atoms with Gasteiger partial charge in [0.15, 0.2) is 0 Å². The van der Waals surface area contributed by atoms with Crippen LogP contribution >= 0.6 is 0 Å². The Hall–Kier alpha value is -3.84. The number of hydrogen-bond donors (Lipinski definition) is 1. The molecule has 6 rings (SSSR count). The number of nitrogens with zero attached hydrogens (tertiary/aromatic N) is 2. The Morgan fingerprint density at radius 3 is 2.69 bits per heavy atom. The van der Waals surface area contributed by atoms with Crippen LogP contribution in [0.25, 0.3) is 22.1 Å². The number of piperidine rings is 1. The number of ether oxygens (including phenoxy) is 1. The molecular formula is C29H28N2O5. The Morgan fingerprint density at radius 1 is 1.03 bits per heavy atom. The van der Waals surface area contributed by atoms with E-state index in [1.54, 1.807) is 32.2 Å². The number of phenols is 1. The maximum atomic E-state index is 13.7. The third kappa shape index (κ3) is 3.62. The van der Waals surface area contributed by atoms with Crippen LogP contribution in [0, 0.1) is 12.8 Å². The second kappa shape index (κ2) is 8.68. The van der Waals surface area contributed by atoms with Crippen molar-refractivity contribution >= 4 is 11.0 Å². The highest BCUT2D eigenvalue weighted by Gasteiger charge is 2.35. The Bertz CT molecular complexity index is 1600. The van der Waals surface area contributed by atoms with Crippen LogP contribution in [0.1, 0.15) is 29.4 Å². The van der Waals surface area contributed by atoms with E-state index in [-0.39, 0.29) is 22.7 Å². The molecule has 1 N–H and O–H groups in total. The number of aryl methyl sites for hydroxylation is 1. The normalized spacial score (nSPS) is 19.3. The van der Waals surface area contributed by atoms with Crippen molar-refractivity contribution in [2.24, 2.45) is 5.92 Å². The predicted molar refractivity (Wildman–Crippen MR) is 138 cm³/mol. The fourth-order valence-corrected chi connectivity index (χ4v) is 6.08. The van der Waals surface area contributed by atoms with Gasteiger partial charge in [-0.05, 0) is 43.5 Å². The highest BCUT2D eigenvalue weighted by molar-refractivity contribution is 5.87. The van der Waals surface area contributed by atoms with E-state index in [1.165, 1.54) is 0 Å². The van der Waals surface area contributed by atoms with E-state index in [1.807, 2.05) is 41.0 Å². The lowest BCUT2D eigenvalue weighted by molar-refractivity contribution is 0.113. The van der Waals surface area contributed by atoms with E-state index in [4.69, 9.17) is 9.15 Å². The third-order valence-corrected chi connectivity index (χ3v) is 7.63. The van der Waals surface area contributed by atoms with Crippen LogP contribution in [0.2, 0.25) is 0 Å². The minimum Gasteiger partial charge on any atom is -0.507 e. The molecule has 2 bridgehead atoms. The smallest absolute Gasteiger partial charge is 0.250 e. The Balaban J connectivity index is 1.40. The standard InChI is InChI=1S/C29H28N2O5/c1-17-27(20-6-3-4-8-25(20)35-2)28(34)21-10-11-24(32)22(29(21)36-17)16-30-13-18-12-19(15-30)23-7-5-9-26(33)31(23)14-18/h3-11,18-19,32H,12-16H2,1-2H3/t18-,19+/m1/s1. The fourth-order valence-electron chi connectivity index (χ4n) is 6.08. The molecular weight excluding hydrogens is 456 g/mol. The molecule has 1 saturated heterocycles. The minimum absolute atomic E-state index is 0.0606. The van der Waals surface area contributed by atoms with E-state index in [0.717, 1.165) is 25.2 Å². The molecule has 0 saturated carbocycles. The molecule has 2 aliphatic heterocycles. The summed E-state index contributed by atoms with van der Waals surface area (Å²) in [7, 11) is 1.58. The zero-order valence-electron chi connectivity index (χ0n) is 20.4. The largest absolute Gasteiger partial charge is 0.507 e. The third-order valence-electron chi connectivity index (χ3n) is 7.63. The molecule has 36 heavy (non-hydrogen) atoms. The first-order valence-corrected chi connectivity index (χ1v) is 12.3. The zero-order chi connectivity index (χ0) is 25.0. The number of aromatic hydroxyl groups is 1. The number of phenolic OH excluding ortho intramolecular Hbond substituents is 1. The first-order chi connectivity index (χ1) is 17.4. The van der Waals surface area contributed by atoms with Crippen molar-refractivity contribution < 1.29 is 14.3 Å². The van der Waals surface area contributed by atoms with Gasteiger partial charge in [0.05, 0.1) is 23.6 Å². The summed E-state index contributed by atoms with van der Waals surface area (Å²) in [5, 5.41) is 11.3. The molecule has 1 fully saturated rings. The second-order valence-corrected chi connectivity index (χ2v) is 9.89. The number of benzene rings is 2. The van der Waals surface area contributed by atoms with Crippen LogP contribution in [0.3, 0.4) is 0 Å². The molecule has 184 valence electrons. The van der Waals surface area contributed by atoms with Crippen molar-refractivity contribution in [3.05, 3.63) is 92.2 Å². The van der Waals surface area contributed by atoms with Crippen molar-refractivity contribution in [3.63, 3.8) is 0 Å². The number of para-hydroxylation sites is 1. The summed E-state index contributed by atoms with van der Waals surface area (Å²) in [4.78, 5) is 28.3. The van der Waals surface area contributed by atoms with Crippen LogP contribution in [0.5, 0.6) is 11.5 Å². The highest BCUT2D eigenvalue weighted by atomic mass is 16.5. The molecule has 4 heterocycles. The van der Waals surface area contributed by atoms with Crippen LogP contribution in [0.15, 0.2) is 68.6 Å². The van der Waals surface area contributed by atoms with Crippen molar-refractivity contribution in [2.75, 3.05) is 20.2 Å². The molecule has 2 atom stereocenters. The number of aromatic nitrogens is 1. The number of rotatable bonds is 4. The number of pyridine rings is 1. The van der Waals surface area contributed by atoms with E-state index >= 15 is 0 Å². The van der Waals surface area contributed by atoms with Crippen molar-refractivity contribution in [1.29, 1.82) is 0 Å². The minimum atomic E-state index is -0.150. The van der Waals surface area contributed by atoms with Gasteiger partial charge in [-0.15, -0.1) is 0 Å². The van der Waals surface area contributed by atoms with Gasteiger partial charge < -0.3 is 18.8 Å². The van der Waals surface area contributed by atoms with Gasteiger partial charge in [0.25, 0.3) is 5.56 Å². The van der Waals surface area contributed by atoms with E-state index in [9.17, 15) is 14.7 Å². The van der Waals surface area contributed by atoms with Gasteiger partial charge in [0.1, 0.15) is 22.8 Å². The second-order valence-electron chi connectivity index (χ2n) is 9.89. The number of methoxy groups -OCH3 is 1. The molecule has 0 radical (unpaired) electrons. The average molecular weight is 485 g/mol. The Kier molecular flexibility index (Phi) is 5.45. The van der Waals surface area contributed by atoms with Crippen molar-refractivity contribution in [1.82, 2.24) is 9.47 Å². The summed E-state index contributed by atoms with van der Waals surface area (Å²) in [5.74, 6) is 1.81. The van der Waals surface area contributed by atoms with Gasteiger partial charge in [-0.25, -0.2) is 0 Å². The maximum Gasteiger partial charge on any atom is 0.250 e. The van der Waals surface area contributed by atoms with Crippen LogP contribution < -0.4 is 15.7 Å². The molecule has 0 spiro atoms. The summed E-state index contributed by atoms with van der Waals surface area (Å²) in [6.07, 6.45) is 1.05. The first-order valence-electron chi connectivity index (χ1n) is 12.3. The van der Waals surface area contributed by atoms with Gasteiger partial charge in [-0.2, -0.15) is 0 Å². The topological polar surface area (TPSA) is 84.9 Å². The lowest BCUT2D eigenvalue weighted by Crippen LogP contribution is -2.46. The molecule has 2 aromatic heterocycles. The first kappa shape index (κ1) is 22.6. The predicted octanol–water partition coefficient (Wildman–Crippen LogP) is 4.26. The molecule has 0 aliphatic carbocycles. The van der Waals surface area contributed by atoms with Crippen LogP contribution in [-0.4, -0.2) is 34.8 Å². The summed E-state index contributed by atoms with van der Waals surface area (Å²) in [6, 6.07) is 16.1. The molecule has 2 aromatic carbocycles.